The molecule has 2 aliphatic rings. The van der Waals surface area contributed by atoms with Gasteiger partial charge >= 0.3 is 0 Å². The predicted molar refractivity (Wildman–Crippen MR) is 60.9 cm³/mol. The van der Waals surface area contributed by atoms with Gasteiger partial charge in [0.05, 0.1) is 16.9 Å². The first-order valence-electron chi connectivity index (χ1n) is 5.68. The molecule has 1 saturated heterocycles. The zero-order valence-electron chi connectivity index (χ0n) is 8.97. The first kappa shape index (κ1) is 10.5. The second kappa shape index (κ2) is 3.67. The highest BCUT2D eigenvalue weighted by Crippen LogP contribution is 2.49. The standard InChI is InChI=1S/C12H14ClFN2/c13-10-2-9(14)5-16-11(10)1-8-3-12(4-8)6-15-7-12/h2,5,8,15H,1,3-4,6-7H2. The van der Waals surface area contributed by atoms with Crippen molar-refractivity contribution in [2.45, 2.75) is 19.3 Å². The lowest BCUT2D eigenvalue weighted by Crippen LogP contribution is -2.60. The van der Waals surface area contributed by atoms with Gasteiger partial charge < -0.3 is 5.32 Å². The van der Waals surface area contributed by atoms with Gasteiger partial charge in [-0.15, -0.1) is 0 Å². The summed E-state index contributed by atoms with van der Waals surface area (Å²) < 4.78 is 12.8. The fourth-order valence-corrected chi connectivity index (χ4v) is 3.17. The number of nitrogens with zero attached hydrogens (tertiary/aromatic N) is 1. The lowest BCUT2D eigenvalue weighted by Gasteiger charge is -2.54. The van der Waals surface area contributed by atoms with Crippen LogP contribution in [0.4, 0.5) is 4.39 Å². The average Bonchev–Trinajstić information content (AvgIpc) is 2.10. The second-order valence-corrected chi connectivity index (χ2v) is 5.57. The Hall–Kier alpha value is -0.670. The zero-order valence-corrected chi connectivity index (χ0v) is 9.73. The minimum absolute atomic E-state index is 0.359. The summed E-state index contributed by atoms with van der Waals surface area (Å²) in [7, 11) is 0. The summed E-state index contributed by atoms with van der Waals surface area (Å²) in [6.45, 7) is 2.32. The summed E-state index contributed by atoms with van der Waals surface area (Å²) in [4.78, 5) is 4.07. The van der Waals surface area contributed by atoms with E-state index in [-0.39, 0.29) is 5.82 Å². The van der Waals surface area contributed by atoms with Crippen LogP contribution in [0.15, 0.2) is 12.3 Å². The van der Waals surface area contributed by atoms with Crippen molar-refractivity contribution in [2.75, 3.05) is 13.1 Å². The van der Waals surface area contributed by atoms with Gasteiger partial charge in [-0.25, -0.2) is 4.39 Å². The molecule has 1 aromatic rings. The fourth-order valence-electron chi connectivity index (χ4n) is 2.94. The second-order valence-electron chi connectivity index (χ2n) is 5.16. The van der Waals surface area contributed by atoms with Crippen molar-refractivity contribution in [1.82, 2.24) is 10.3 Å². The molecule has 3 rings (SSSR count). The summed E-state index contributed by atoms with van der Waals surface area (Å²) in [5.74, 6) is 0.319. The van der Waals surface area contributed by atoms with Gasteiger partial charge in [-0.1, -0.05) is 11.6 Å². The average molecular weight is 241 g/mol. The predicted octanol–water partition coefficient (Wildman–Crippen LogP) is 2.42. The van der Waals surface area contributed by atoms with Gasteiger partial charge in [0.2, 0.25) is 0 Å². The van der Waals surface area contributed by atoms with Crippen LogP contribution in [0.25, 0.3) is 0 Å². The first-order valence-corrected chi connectivity index (χ1v) is 6.05. The molecule has 1 spiro atoms. The number of hydrogen-bond acceptors (Lipinski definition) is 2. The largest absolute Gasteiger partial charge is 0.316 e. The molecule has 1 aromatic heterocycles. The molecule has 2 nitrogen and oxygen atoms in total. The van der Waals surface area contributed by atoms with E-state index in [9.17, 15) is 4.39 Å². The van der Waals surface area contributed by atoms with Gasteiger partial charge in [0.1, 0.15) is 5.82 Å². The lowest BCUT2D eigenvalue weighted by atomic mass is 9.57. The molecule has 0 atom stereocenters. The molecule has 1 saturated carbocycles. The van der Waals surface area contributed by atoms with E-state index < -0.39 is 0 Å². The van der Waals surface area contributed by atoms with Crippen molar-refractivity contribution < 1.29 is 4.39 Å². The third-order valence-corrected chi connectivity index (χ3v) is 4.14. The van der Waals surface area contributed by atoms with E-state index in [2.05, 4.69) is 10.3 Å². The molecule has 16 heavy (non-hydrogen) atoms. The Kier molecular flexibility index (Phi) is 2.41. The Morgan fingerprint density at radius 3 is 2.81 bits per heavy atom. The number of pyridine rings is 1. The van der Waals surface area contributed by atoms with Gasteiger partial charge in [0.15, 0.2) is 0 Å². The molecule has 0 aromatic carbocycles. The van der Waals surface area contributed by atoms with E-state index >= 15 is 0 Å². The monoisotopic (exact) mass is 240 g/mol. The number of rotatable bonds is 2. The fraction of sp³-hybridized carbons (Fsp3) is 0.583. The molecular weight excluding hydrogens is 227 g/mol. The Balaban J connectivity index is 1.62. The Morgan fingerprint density at radius 2 is 2.25 bits per heavy atom. The number of hydrogen-bond donors (Lipinski definition) is 1. The highest BCUT2D eigenvalue weighted by molar-refractivity contribution is 6.31. The van der Waals surface area contributed by atoms with E-state index in [0.717, 1.165) is 25.2 Å². The zero-order chi connectivity index (χ0) is 11.2. The summed E-state index contributed by atoms with van der Waals surface area (Å²) in [5.41, 5.74) is 1.42. The molecule has 1 aliphatic carbocycles. The van der Waals surface area contributed by atoms with Crippen LogP contribution in [-0.4, -0.2) is 18.1 Å². The molecule has 2 heterocycles. The molecule has 1 N–H and O–H groups in total. The van der Waals surface area contributed by atoms with Gasteiger partial charge in [-0.2, -0.15) is 0 Å². The van der Waals surface area contributed by atoms with Crippen molar-refractivity contribution in [3.63, 3.8) is 0 Å². The number of halogens is 2. The summed E-state index contributed by atoms with van der Waals surface area (Å²) >= 11 is 5.96. The van der Waals surface area contributed by atoms with Crippen LogP contribution in [0, 0.1) is 17.2 Å². The van der Waals surface area contributed by atoms with Gasteiger partial charge in [-0.3, -0.25) is 4.98 Å². The molecule has 0 radical (unpaired) electrons. The van der Waals surface area contributed by atoms with Crippen molar-refractivity contribution in [3.05, 3.63) is 28.8 Å². The third kappa shape index (κ3) is 1.72. The molecule has 86 valence electrons. The lowest BCUT2D eigenvalue weighted by molar-refractivity contribution is 0.000488. The summed E-state index contributed by atoms with van der Waals surface area (Å²) in [5, 5.41) is 3.78. The Bertz CT molecular complexity index is 409. The highest BCUT2D eigenvalue weighted by Gasteiger charge is 2.48. The maximum atomic E-state index is 12.8. The van der Waals surface area contributed by atoms with Crippen LogP contribution < -0.4 is 5.32 Å². The molecule has 1 aliphatic heterocycles. The van der Waals surface area contributed by atoms with Crippen molar-refractivity contribution >= 4 is 11.6 Å². The van der Waals surface area contributed by atoms with Crippen LogP contribution in [0.5, 0.6) is 0 Å². The topological polar surface area (TPSA) is 24.9 Å². The van der Waals surface area contributed by atoms with Crippen LogP contribution in [0.2, 0.25) is 5.02 Å². The maximum absolute atomic E-state index is 12.8. The van der Waals surface area contributed by atoms with E-state index in [4.69, 9.17) is 11.6 Å². The van der Waals surface area contributed by atoms with E-state index in [1.807, 2.05) is 0 Å². The molecular formula is C12H14ClFN2. The van der Waals surface area contributed by atoms with E-state index in [1.54, 1.807) is 0 Å². The van der Waals surface area contributed by atoms with Crippen LogP contribution >= 0.6 is 11.6 Å². The van der Waals surface area contributed by atoms with Crippen molar-refractivity contribution in [1.29, 1.82) is 0 Å². The smallest absolute Gasteiger partial charge is 0.142 e. The number of aromatic nitrogens is 1. The Morgan fingerprint density at radius 1 is 1.50 bits per heavy atom. The minimum Gasteiger partial charge on any atom is -0.316 e. The van der Waals surface area contributed by atoms with Crippen LogP contribution in [0.1, 0.15) is 18.5 Å². The first-order chi connectivity index (χ1) is 7.67. The number of nitrogens with one attached hydrogen (secondary N) is 1. The highest BCUT2D eigenvalue weighted by atomic mass is 35.5. The molecule has 4 heteroatoms. The SMILES string of the molecule is Fc1cnc(CC2CC3(CNC3)C2)c(Cl)c1. The molecule has 0 bridgehead atoms. The summed E-state index contributed by atoms with van der Waals surface area (Å²) in [6.07, 6.45) is 4.66. The molecule has 0 unspecified atom stereocenters. The minimum atomic E-state index is -0.359. The summed E-state index contributed by atoms with van der Waals surface area (Å²) in [6, 6.07) is 1.35. The van der Waals surface area contributed by atoms with Gasteiger partial charge in [0.25, 0.3) is 0 Å². The van der Waals surface area contributed by atoms with E-state index in [1.165, 1.54) is 25.1 Å². The molecule has 0 amide bonds. The van der Waals surface area contributed by atoms with Gasteiger partial charge in [-0.05, 0) is 36.7 Å². The van der Waals surface area contributed by atoms with Crippen molar-refractivity contribution in [2.24, 2.45) is 11.3 Å². The van der Waals surface area contributed by atoms with Crippen molar-refractivity contribution in [3.8, 4) is 0 Å². The van der Waals surface area contributed by atoms with Crippen LogP contribution in [0.3, 0.4) is 0 Å². The Labute approximate surface area is 99.2 Å². The van der Waals surface area contributed by atoms with Gasteiger partial charge in [0, 0.05) is 13.1 Å². The maximum Gasteiger partial charge on any atom is 0.142 e. The van der Waals surface area contributed by atoms with Crippen LogP contribution in [-0.2, 0) is 6.42 Å². The third-order valence-electron chi connectivity index (χ3n) is 3.81. The normalized spacial score (nSPS) is 22.9. The van der Waals surface area contributed by atoms with E-state index in [0.29, 0.717) is 16.4 Å². The molecule has 2 fully saturated rings. The quantitative estimate of drug-likeness (QED) is 0.859.